The van der Waals surface area contributed by atoms with Gasteiger partial charge in [-0.05, 0) is 61.0 Å². The van der Waals surface area contributed by atoms with E-state index in [1.165, 1.54) is 24.4 Å². The van der Waals surface area contributed by atoms with E-state index >= 15 is 0 Å². The van der Waals surface area contributed by atoms with Crippen molar-refractivity contribution < 1.29 is 27.0 Å². The molecule has 3 rings (SSSR count). The number of nitrogens with one attached hydrogen (secondary N) is 1. The Labute approximate surface area is 177 Å². The molecule has 0 spiro atoms. The van der Waals surface area contributed by atoms with Gasteiger partial charge < -0.3 is 9.47 Å². The topological polar surface area (TPSA) is 42.8 Å². The normalized spacial score (nSPS) is 11.5. The highest BCUT2D eigenvalue weighted by Crippen LogP contribution is 2.30. The lowest BCUT2D eigenvalue weighted by molar-refractivity contribution is -0.137. The molecule has 3 aromatic rings. The molecule has 0 amide bonds. The average Bonchev–Trinajstić information content (AvgIpc) is 2.74. The maximum atomic E-state index is 13.8. The van der Waals surface area contributed by atoms with Crippen molar-refractivity contribution in [3.63, 3.8) is 0 Å². The van der Waals surface area contributed by atoms with Gasteiger partial charge in [0.25, 0.3) is 0 Å². The Morgan fingerprint density at radius 1 is 0.935 bits per heavy atom. The lowest BCUT2D eigenvalue weighted by atomic mass is 10.2. The molecule has 8 heteroatoms. The molecule has 0 unspecified atom stereocenters. The number of anilines is 1. The van der Waals surface area contributed by atoms with E-state index in [2.05, 4.69) is 10.5 Å². The fourth-order valence-electron chi connectivity index (χ4n) is 2.68. The Morgan fingerprint density at radius 3 is 2.35 bits per heavy atom. The predicted octanol–water partition coefficient (Wildman–Crippen LogP) is 6.27. The molecule has 0 radical (unpaired) electrons. The van der Waals surface area contributed by atoms with Crippen molar-refractivity contribution in [2.75, 3.05) is 12.0 Å². The molecule has 0 atom stereocenters. The SMILES string of the molecule is CCOc1cc(/C=N/Nc2ccc(C(F)(F)F)cc2)ccc1OCc1ccccc1F. The molecule has 0 saturated carbocycles. The van der Waals surface area contributed by atoms with Crippen molar-refractivity contribution in [1.82, 2.24) is 0 Å². The first-order valence-electron chi connectivity index (χ1n) is 9.46. The van der Waals surface area contributed by atoms with Crippen molar-refractivity contribution >= 4 is 11.9 Å². The van der Waals surface area contributed by atoms with E-state index in [0.29, 0.717) is 34.9 Å². The molecular formula is C23H20F4N2O2. The van der Waals surface area contributed by atoms with Gasteiger partial charge in [0.05, 0.1) is 24.1 Å². The third-order valence-corrected chi connectivity index (χ3v) is 4.23. The number of alkyl halides is 3. The quantitative estimate of drug-likeness (QED) is 0.259. The molecule has 162 valence electrons. The first-order chi connectivity index (χ1) is 14.9. The Morgan fingerprint density at radius 2 is 1.68 bits per heavy atom. The van der Waals surface area contributed by atoms with Crippen LogP contribution in [-0.2, 0) is 12.8 Å². The second-order valence-electron chi connectivity index (χ2n) is 6.46. The van der Waals surface area contributed by atoms with Gasteiger partial charge in [0.15, 0.2) is 11.5 Å². The summed E-state index contributed by atoms with van der Waals surface area (Å²) < 4.78 is 62.9. The van der Waals surface area contributed by atoms with E-state index in [1.807, 2.05) is 6.92 Å². The molecule has 0 aromatic heterocycles. The molecule has 0 saturated heterocycles. The van der Waals surface area contributed by atoms with E-state index in [1.54, 1.807) is 36.4 Å². The summed E-state index contributed by atoms with van der Waals surface area (Å²) in [6.45, 7) is 2.28. The summed E-state index contributed by atoms with van der Waals surface area (Å²) in [5.74, 6) is 0.578. The van der Waals surface area contributed by atoms with Gasteiger partial charge in [-0.25, -0.2) is 4.39 Å². The highest BCUT2D eigenvalue weighted by atomic mass is 19.4. The maximum absolute atomic E-state index is 13.8. The molecule has 0 fully saturated rings. The molecule has 4 nitrogen and oxygen atoms in total. The van der Waals surface area contributed by atoms with Gasteiger partial charge in [0.2, 0.25) is 0 Å². The fraction of sp³-hybridized carbons (Fsp3) is 0.174. The van der Waals surface area contributed by atoms with Crippen LogP contribution in [0.5, 0.6) is 11.5 Å². The molecule has 1 N–H and O–H groups in total. The number of hydrazone groups is 1. The fourth-order valence-corrected chi connectivity index (χ4v) is 2.68. The summed E-state index contributed by atoms with van der Waals surface area (Å²) in [6.07, 6.45) is -2.88. The summed E-state index contributed by atoms with van der Waals surface area (Å²) in [5.41, 5.74) is 3.48. The highest BCUT2D eigenvalue weighted by Gasteiger charge is 2.29. The van der Waals surface area contributed by atoms with Gasteiger partial charge in [-0.2, -0.15) is 18.3 Å². The number of hydrogen-bond acceptors (Lipinski definition) is 4. The standard InChI is InChI=1S/C23H20F4N2O2/c1-2-30-22-13-16(7-12-21(22)31-15-17-5-3-4-6-20(17)24)14-28-29-19-10-8-18(9-11-19)23(25,26)27/h3-14,29H,2,15H2,1H3/b28-14+. The number of hydrogen-bond donors (Lipinski definition) is 1. The van der Waals surface area contributed by atoms with Crippen molar-refractivity contribution in [1.29, 1.82) is 0 Å². The zero-order chi connectivity index (χ0) is 22.3. The molecular weight excluding hydrogens is 412 g/mol. The molecule has 31 heavy (non-hydrogen) atoms. The highest BCUT2D eigenvalue weighted by molar-refractivity contribution is 5.81. The van der Waals surface area contributed by atoms with Gasteiger partial charge in [0.1, 0.15) is 12.4 Å². The molecule has 0 bridgehead atoms. The van der Waals surface area contributed by atoms with E-state index in [0.717, 1.165) is 12.1 Å². The van der Waals surface area contributed by atoms with E-state index in [-0.39, 0.29) is 12.4 Å². The van der Waals surface area contributed by atoms with Crippen molar-refractivity contribution in [3.8, 4) is 11.5 Å². The van der Waals surface area contributed by atoms with Gasteiger partial charge in [-0.3, -0.25) is 5.43 Å². The summed E-state index contributed by atoms with van der Waals surface area (Å²) >= 11 is 0. The number of halogens is 4. The van der Waals surface area contributed by atoms with Crippen molar-refractivity contribution in [2.24, 2.45) is 5.10 Å². The summed E-state index contributed by atoms with van der Waals surface area (Å²) in [4.78, 5) is 0. The first kappa shape index (κ1) is 22.1. The predicted molar refractivity (Wildman–Crippen MR) is 111 cm³/mol. The van der Waals surface area contributed by atoms with Gasteiger partial charge >= 0.3 is 6.18 Å². The zero-order valence-corrected chi connectivity index (χ0v) is 16.6. The molecule has 0 heterocycles. The van der Waals surface area contributed by atoms with Crippen LogP contribution in [0.4, 0.5) is 23.2 Å². The molecule has 3 aromatic carbocycles. The van der Waals surface area contributed by atoms with Gasteiger partial charge in [0, 0.05) is 5.56 Å². The van der Waals surface area contributed by atoms with Crippen molar-refractivity contribution in [2.45, 2.75) is 19.7 Å². The summed E-state index contributed by atoms with van der Waals surface area (Å²) in [7, 11) is 0. The van der Waals surface area contributed by atoms with Crippen LogP contribution < -0.4 is 14.9 Å². The van der Waals surface area contributed by atoms with Crippen LogP contribution in [0.15, 0.2) is 71.8 Å². The minimum atomic E-state index is -4.38. The van der Waals surface area contributed by atoms with Crippen LogP contribution in [0.25, 0.3) is 0 Å². The molecule has 0 aliphatic carbocycles. The molecule has 0 aliphatic rings. The minimum absolute atomic E-state index is 0.0513. The van der Waals surface area contributed by atoms with Crippen LogP contribution in [0.2, 0.25) is 0 Å². The first-order valence-corrected chi connectivity index (χ1v) is 9.46. The number of nitrogens with zero attached hydrogens (tertiary/aromatic N) is 1. The Hall–Kier alpha value is -3.55. The zero-order valence-electron chi connectivity index (χ0n) is 16.6. The van der Waals surface area contributed by atoms with Crippen LogP contribution in [0.1, 0.15) is 23.6 Å². The van der Waals surface area contributed by atoms with E-state index in [9.17, 15) is 17.6 Å². The Bertz CT molecular complexity index is 1030. The maximum Gasteiger partial charge on any atom is 0.416 e. The van der Waals surface area contributed by atoms with Crippen LogP contribution in [0, 0.1) is 5.82 Å². The second-order valence-corrected chi connectivity index (χ2v) is 6.46. The van der Waals surface area contributed by atoms with Crippen LogP contribution in [-0.4, -0.2) is 12.8 Å². The lowest BCUT2D eigenvalue weighted by Gasteiger charge is -2.13. The smallest absolute Gasteiger partial charge is 0.416 e. The number of benzene rings is 3. The Balaban J connectivity index is 1.66. The average molecular weight is 432 g/mol. The third kappa shape index (κ3) is 6.21. The Kier molecular flexibility index (Phi) is 7.12. The van der Waals surface area contributed by atoms with Crippen molar-refractivity contribution in [3.05, 3.63) is 89.2 Å². The monoisotopic (exact) mass is 432 g/mol. The summed E-state index contributed by atoms with van der Waals surface area (Å²) in [6, 6.07) is 16.0. The lowest BCUT2D eigenvalue weighted by Crippen LogP contribution is -2.04. The second kappa shape index (κ2) is 9.97. The van der Waals surface area contributed by atoms with Gasteiger partial charge in [-0.1, -0.05) is 18.2 Å². The largest absolute Gasteiger partial charge is 0.490 e. The van der Waals surface area contributed by atoms with Gasteiger partial charge in [-0.15, -0.1) is 0 Å². The van der Waals surface area contributed by atoms with Crippen LogP contribution in [0.3, 0.4) is 0 Å². The molecule has 0 aliphatic heterocycles. The number of rotatable bonds is 8. The minimum Gasteiger partial charge on any atom is -0.490 e. The third-order valence-electron chi connectivity index (χ3n) is 4.23. The van der Waals surface area contributed by atoms with E-state index < -0.39 is 11.7 Å². The summed E-state index contributed by atoms with van der Waals surface area (Å²) in [5, 5.41) is 4.04. The number of ether oxygens (including phenoxy) is 2. The van der Waals surface area contributed by atoms with Crippen LogP contribution >= 0.6 is 0 Å². The van der Waals surface area contributed by atoms with E-state index in [4.69, 9.17) is 9.47 Å².